The van der Waals surface area contributed by atoms with Crippen LogP contribution in [0.2, 0.25) is 0 Å². The molecule has 122 valence electrons. The number of benzene rings is 2. The zero-order valence-electron chi connectivity index (χ0n) is 13.0. The molecule has 0 bridgehead atoms. The van der Waals surface area contributed by atoms with Crippen molar-refractivity contribution >= 4 is 21.6 Å². The van der Waals surface area contributed by atoms with E-state index in [9.17, 15) is 13.2 Å². The van der Waals surface area contributed by atoms with Crippen LogP contribution in [0.3, 0.4) is 0 Å². The number of carbonyl (C=O) groups excluding carboxylic acids is 1. The molecule has 2 aromatic rings. The fraction of sp³-hybridized carbons (Fsp3) is 0.176. The molecule has 0 saturated carbocycles. The third kappa shape index (κ3) is 2.72. The highest BCUT2D eigenvalue weighted by Gasteiger charge is 2.25. The Morgan fingerprint density at radius 3 is 2.75 bits per heavy atom. The van der Waals surface area contributed by atoms with Crippen LogP contribution in [-0.4, -0.2) is 27.9 Å². The minimum atomic E-state index is -3.83. The first-order chi connectivity index (χ1) is 11.4. The summed E-state index contributed by atoms with van der Waals surface area (Å²) in [4.78, 5) is 12.0. The lowest BCUT2D eigenvalue weighted by atomic mass is 10.0. The molecule has 0 spiro atoms. The van der Waals surface area contributed by atoms with Crippen LogP contribution in [-0.2, 0) is 16.4 Å². The summed E-state index contributed by atoms with van der Waals surface area (Å²) in [6, 6.07) is 12.9. The van der Waals surface area contributed by atoms with Gasteiger partial charge in [-0.2, -0.15) is 5.26 Å². The van der Waals surface area contributed by atoms with Crippen LogP contribution < -0.4 is 9.62 Å². The fourth-order valence-electron chi connectivity index (χ4n) is 2.62. The molecule has 3 rings (SSSR count). The summed E-state index contributed by atoms with van der Waals surface area (Å²) in [6.07, 6.45) is 0.682. The van der Waals surface area contributed by atoms with Crippen LogP contribution in [0, 0.1) is 11.3 Å². The average molecular weight is 341 g/mol. The van der Waals surface area contributed by atoms with Crippen LogP contribution in [0.1, 0.15) is 21.5 Å². The van der Waals surface area contributed by atoms with Gasteiger partial charge in [-0.05, 0) is 42.3 Å². The van der Waals surface area contributed by atoms with Gasteiger partial charge < -0.3 is 5.32 Å². The van der Waals surface area contributed by atoms with Gasteiger partial charge in [0.15, 0.2) is 0 Å². The number of nitrogens with zero attached hydrogens (tertiary/aromatic N) is 2. The summed E-state index contributed by atoms with van der Waals surface area (Å²) in [5.74, 6) is -0.262. The Kier molecular flexibility index (Phi) is 3.99. The zero-order chi connectivity index (χ0) is 17.3. The fourth-order valence-corrected chi connectivity index (χ4v) is 3.83. The molecule has 0 aliphatic carbocycles. The molecule has 0 radical (unpaired) electrons. The Morgan fingerprint density at radius 2 is 2.00 bits per heavy atom. The topological polar surface area (TPSA) is 90.3 Å². The zero-order valence-corrected chi connectivity index (χ0v) is 13.8. The van der Waals surface area contributed by atoms with Gasteiger partial charge in [-0.3, -0.25) is 9.10 Å². The van der Waals surface area contributed by atoms with Crippen molar-refractivity contribution in [2.24, 2.45) is 0 Å². The summed E-state index contributed by atoms with van der Waals surface area (Å²) in [5, 5.41) is 11.7. The minimum absolute atomic E-state index is 0.0446. The third-order valence-corrected chi connectivity index (χ3v) is 5.78. The molecule has 1 amide bonds. The van der Waals surface area contributed by atoms with E-state index in [0.29, 0.717) is 29.8 Å². The standard InChI is InChI=1S/C17H15N3O3S/c1-20(14-4-2-3-12(9-14)11-18)24(22,23)15-6-5-13-7-8-19-17(21)16(13)10-15/h2-6,9-10H,7-8H2,1H3,(H,19,21). The van der Waals surface area contributed by atoms with E-state index in [4.69, 9.17) is 5.26 Å². The summed E-state index contributed by atoms with van der Waals surface area (Å²) in [6.45, 7) is 0.554. The number of hydrogen-bond donors (Lipinski definition) is 1. The Labute approximate surface area is 140 Å². The Hall–Kier alpha value is -2.85. The van der Waals surface area contributed by atoms with Gasteiger partial charge >= 0.3 is 0 Å². The normalized spacial score (nSPS) is 13.6. The van der Waals surface area contributed by atoms with Crippen molar-refractivity contribution < 1.29 is 13.2 Å². The molecule has 1 aliphatic heterocycles. The van der Waals surface area contributed by atoms with E-state index < -0.39 is 10.0 Å². The molecular weight excluding hydrogens is 326 g/mol. The number of amides is 1. The molecule has 0 fully saturated rings. The molecular formula is C17H15N3O3S. The van der Waals surface area contributed by atoms with Gasteiger partial charge in [0.05, 0.1) is 22.2 Å². The first kappa shape index (κ1) is 16.0. The molecule has 1 heterocycles. The SMILES string of the molecule is CN(c1cccc(C#N)c1)S(=O)(=O)c1ccc2c(c1)C(=O)NCC2. The second-order valence-corrected chi connectivity index (χ2v) is 7.43. The van der Waals surface area contributed by atoms with Crippen LogP contribution in [0.25, 0.3) is 0 Å². The monoisotopic (exact) mass is 341 g/mol. The molecule has 1 aliphatic rings. The summed E-state index contributed by atoms with van der Waals surface area (Å²) in [5.41, 5.74) is 1.99. The molecule has 24 heavy (non-hydrogen) atoms. The lowest BCUT2D eigenvalue weighted by molar-refractivity contribution is 0.0945. The maximum atomic E-state index is 12.8. The molecule has 0 atom stereocenters. The largest absolute Gasteiger partial charge is 0.352 e. The second-order valence-electron chi connectivity index (χ2n) is 5.46. The van der Waals surface area contributed by atoms with Gasteiger partial charge in [0, 0.05) is 19.2 Å². The van der Waals surface area contributed by atoms with Gasteiger partial charge in [-0.15, -0.1) is 0 Å². The lowest BCUT2D eigenvalue weighted by Crippen LogP contribution is -2.32. The number of nitriles is 1. The van der Waals surface area contributed by atoms with E-state index in [1.165, 1.54) is 25.2 Å². The Balaban J connectivity index is 2.03. The smallest absolute Gasteiger partial charge is 0.264 e. The van der Waals surface area contributed by atoms with E-state index in [1.807, 2.05) is 6.07 Å². The van der Waals surface area contributed by atoms with Gasteiger partial charge in [0.25, 0.3) is 15.9 Å². The van der Waals surface area contributed by atoms with Crippen LogP contribution in [0.4, 0.5) is 5.69 Å². The van der Waals surface area contributed by atoms with E-state index in [1.54, 1.807) is 24.3 Å². The van der Waals surface area contributed by atoms with E-state index in [2.05, 4.69) is 5.32 Å². The highest BCUT2D eigenvalue weighted by atomic mass is 32.2. The van der Waals surface area contributed by atoms with E-state index in [-0.39, 0.29) is 10.8 Å². The lowest BCUT2D eigenvalue weighted by Gasteiger charge is -2.22. The predicted octanol–water partition coefficient (Wildman–Crippen LogP) is 1.67. The maximum absolute atomic E-state index is 12.8. The van der Waals surface area contributed by atoms with Gasteiger partial charge in [-0.25, -0.2) is 8.42 Å². The Bertz CT molecular complexity index is 961. The van der Waals surface area contributed by atoms with Gasteiger partial charge in [0.2, 0.25) is 0 Å². The van der Waals surface area contributed by atoms with Crippen LogP contribution in [0.15, 0.2) is 47.4 Å². The predicted molar refractivity (Wildman–Crippen MR) is 89.2 cm³/mol. The molecule has 0 unspecified atom stereocenters. The first-order valence-electron chi connectivity index (χ1n) is 7.34. The van der Waals surface area contributed by atoms with Gasteiger partial charge in [0.1, 0.15) is 0 Å². The number of anilines is 1. The van der Waals surface area contributed by atoms with E-state index >= 15 is 0 Å². The van der Waals surface area contributed by atoms with E-state index in [0.717, 1.165) is 9.87 Å². The maximum Gasteiger partial charge on any atom is 0.264 e. The minimum Gasteiger partial charge on any atom is -0.352 e. The van der Waals surface area contributed by atoms with Crippen LogP contribution in [0.5, 0.6) is 0 Å². The molecule has 0 saturated heterocycles. The van der Waals surface area contributed by atoms with Crippen molar-refractivity contribution in [1.29, 1.82) is 5.26 Å². The van der Waals surface area contributed by atoms with Crippen molar-refractivity contribution in [3.8, 4) is 6.07 Å². The molecule has 6 nitrogen and oxygen atoms in total. The number of sulfonamides is 1. The number of rotatable bonds is 3. The highest BCUT2D eigenvalue weighted by molar-refractivity contribution is 7.92. The van der Waals surface area contributed by atoms with Gasteiger partial charge in [-0.1, -0.05) is 12.1 Å². The summed E-state index contributed by atoms with van der Waals surface area (Å²) < 4.78 is 26.8. The van der Waals surface area contributed by atoms with Crippen molar-refractivity contribution in [2.75, 3.05) is 17.9 Å². The van der Waals surface area contributed by atoms with Crippen molar-refractivity contribution in [3.63, 3.8) is 0 Å². The second kappa shape index (κ2) is 5.98. The van der Waals surface area contributed by atoms with Crippen molar-refractivity contribution in [2.45, 2.75) is 11.3 Å². The summed E-state index contributed by atoms with van der Waals surface area (Å²) in [7, 11) is -2.41. The number of carbonyl (C=O) groups is 1. The first-order valence-corrected chi connectivity index (χ1v) is 8.78. The molecule has 1 N–H and O–H groups in total. The molecule has 7 heteroatoms. The third-order valence-electron chi connectivity index (χ3n) is 4.00. The molecule has 0 aromatic heterocycles. The quantitative estimate of drug-likeness (QED) is 0.919. The number of hydrogen-bond acceptors (Lipinski definition) is 4. The van der Waals surface area contributed by atoms with Crippen molar-refractivity contribution in [3.05, 3.63) is 59.2 Å². The highest BCUT2D eigenvalue weighted by Crippen LogP contribution is 2.25. The summed E-state index contributed by atoms with van der Waals surface area (Å²) >= 11 is 0. The van der Waals surface area contributed by atoms with Crippen LogP contribution >= 0.6 is 0 Å². The number of fused-ring (bicyclic) bond motifs is 1. The van der Waals surface area contributed by atoms with Crippen molar-refractivity contribution in [1.82, 2.24) is 5.32 Å². The number of nitrogens with one attached hydrogen (secondary N) is 1. The molecule has 2 aromatic carbocycles. The Morgan fingerprint density at radius 1 is 1.21 bits per heavy atom. The average Bonchev–Trinajstić information content (AvgIpc) is 2.61.